The molecule has 0 atom stereocenters. The standard InChI is InChI=1S/C12H15NO/c1-4-5-10-7-11-9(3)13-14-12(11)6-8(10)2/h6-7H,4-5H2,1-3H3. The van der Waals surface area contributed by atoms with Crippen LogP contribution in [0.2, 0.25) is 0 Å². The smallest absolute Gasteiger partial charge is 0.167 e. The van der Waals surface area contributed by atoms with Crippen molar-refractivity contribution in [1.29, 1.82) is 0 Å². The first-order valence-corrected chi connectivity index (χ1v) is 5.08. The number of aryl methyl sites for hydroxylation is 3. The molecule has 74 valence electrons. The van der Waals surface area contributed by atoms with Crippen molar-refractivity contribution in [2.45, 2.75) is 33.6 Å². The maximum absolute atomic E-state index is 5.21. The molecule has 2 rings (SSSR count). The van der Waals surface area contributed by atoms with Crippen LogP contribution in [-0.2, 0) is 6.42 Å². The Balaban J connectivity index is 2.61. The van der Waals surface area contributed by atoms with Gasteiger partial charge in [-0.05, 0) is 43.5 Å². The van der Waals surface area contributed by atoms with Crippen LogP contribution in [0.3, 0.4) is 0 Å². The Bertz CT molecular complexity index is 457. The van der Waals surface area contributed by atoms with E-state index in [2.05, 4.69) is 31.1 Å². The van der Waals surface area contributed by atoms with Gasteiger partial charge in [-0.1, -0.05) is 18.5 Å². The monoisotopic (exact) mass is 189 g/mol. The number of fused-ring (bicyclic) bond motifs is 1. The average molecular weight is 189 g/mol. The molecule has 0 N–H and O–H groups in total. The van der Waals surface area contributed by atoms with Crippen molar-refractivity contribution in [3.63, 3.8) is 0 Å². The predicted molar refractivity (Wildman–Crippen MR) is 57.5 cm³/mol. The number of rotatable bonds is 2. The largest absolute Gasteiger partial charge is 0.356 e. The third-order valence-electron chi connectivity index (χ3n) is 2.63. The number of hydrogen-bond acceptors (Lipinski definition) is 2. The molecule has 0 bridgehead atoms. The van der Waals surface area contributed by atoms with Crippen LogP contribution in [0.4, 0.5) is 0 Å². The van der Waals surface area contributed by atoms with Gasteiger partial charge in [0.1, 0.15) is 0 Å². The highest BCUT2D eigenvalue weighted by Gasteiger charge is 2.07. The lowest BCUT2D eigenvalue weighted by molar-refractivity contribution is 0.450. The highest BCUT2D eigenvalue weighted by Crippen LogP contribution is 2.23. The minimum atomic E-state index is 0.903. The van der Waals surface area contributed by atoms with Gasteiger partial charge in [0.15, 0.2) is 5.58 Å². The summed E-state index contributed by atoms with van der Waals surface area (Å²) in [6.45, 7) is 6.31. The van der Waals surface area contributed by atoms with E-state index >= 15 is 0 Å². The molecule has 2 heteroatoms. The number of aromatic nitrogens is 1. The molecule has 0 radical (unpaired) electrons. The summed E-state index contributed by atoms with van der Waals surface area (Å²) in [4.78, 5) is 0. The van der Waals surface area contributed by atoms with Crippen LogP contribution in [0.25, 0.3) is 11.0 Å². The molecule has 0 aliphatic rings. The predicted octanol–water partition coefficient (Wildman–Crippen LogP) is 3.40. The zero-order valence-electron chi connectivity index (χ0n) is 8.92. The maximum atomic E-state index is 5.21. The second-order valence-electron chi connectivity index (χ2n) is 3.79. The Morgan fingerprint density at radius 3 is 2.79 bits per heavy atom. The molecule has 0 saturated heterocycles. The molecular weight excluding hydrogens is 174 g/mol. The van der Waals surface area contributed by atoms with Gasteiger partial charge < -0.3 is 4.52 Å². The maximum Gasteiger partial charge on any atom is 0.167 e. The molecule has 0 aliphatic heterocycles. The van der Waals surface area contributed by atoms with Gasteiger partial charge in [0.05, 0.1) is 5.69 Å². The third-order valence-corrected chi connectivity index (χ3v) is 2.63. The Kier molecular flexibility index (Phi) is 2.28. The van der Waals surface area contributed by atoms with Gasteiger partial charge in [0.2, 0.25) is 0 Å². The highest BCUT2D eigenvalue weighted by atomic mass is 16.5. The molecule has 0 amide bonds. The molecular formula is C12H15NO. The molecule has 2 nitrogen and oxygen atoms in total. The molecule has 1 heterocycles. The SMILES string of the molecule is CCCc1cc2c(C)noc2cc1C. The number of nitrogens with zero attached hydrogens (tertiary/aromatic N) is 1. The van der Waals surface area contributed by atoms with Gasteiger partial charge in [0, 0.05) is 5.39 Å². The fourth-order valence-electron chi connectivity index (χ4n) is 1.79. The van der Waals surface area contributed by atoms with Gasteiger partial charge in [-0.2, -0.15) is 0 Å². The summed E-state index contributed by atoms with van der Waals surface area (Å²) in [5.74, 6) is 0. The first-order valence-electron chi connectivity index (χ1n) is 5.08. The molecule has 0 saturated carbocycles. The first kappa shape index (κ1) is 9.25. The molecule has 0 unspecified atom stereocenters. The average Bonchev–Trinajstić information content (AvgIpc) is 2.49. The second kappa shape index (κ2) is 3.45. The van der Waals surface area contributed by atoms with Crippen LogP contribution >= 0.6 is 0 Å². The van der Waals surface area contributed by atoms with Crippen molar-refractivity contribution in [2.75, 3.05) is 0 Å². The van der Waals surface area contributed by atoms with Crippen LogP contribution in [0.15, 0.2) is 16.7 Å². The minimum Gasteiger partial charge on any atom is -0.356 e. The molecule has 1 aromatic carbocycles. The lowest BCUT2D eigenvalue weighted by atomic mass is 10.0. The van der Waals surface area contributed by atoms with Crippen molar-refractivity contribution in [3.05, 3.63) is 29.0 Å². The van der Waals surface area contributed by atoms with E-state index in [4.69, 9.17) is 4.52 Å². The molecule has 0 fully saturated rings. The summed E-state index contributed by atoms with van der Waals surface area (Å²) in [7, 11) is 0. The summed E-state index contributed by atoms with van der Waals surface area (Å²) < 4.78 is 5.21. The molecule has 2 aromatic rings. The van der Waals surface area contributed by atoms with E-state index in [1.807, 2.05) is 6.92 Å². The second-order valence-corrected chi connectivity index (χ2v) is 3.79. The lowest BCUT2D eigenvalue weighted by Gasteiger charge is -2.03. The van der Waals surface area contributed by atoms with Crippen LogP contribution in [-0.4, -0.2) is 5.16 Å². The Labute approximate surface area is 83.9 Å². The highest BCUT2D eigenvalue weighted by molar-refractivity contribution is 5.80. The lowest BCUT2D eigenvalue weighted by Crippen LogP contribution is -1.88. The van der Waals surface area contributed by atoms with Gasteiger partial charge in [-0.15, -0.1) is 0 Å². The van der Waals surface area contributed by atoms with E-state index in [0.29, 0.717) is 0 Å². The topological polar surface area (TPSA) is 26.0 Å². The Morgan fingerprint density at radius 1 is 1.29 bits per heavy atom. The van der Waals surface area contributed by atoms with E-state index in [1.165, 1.54) is 17.5 Å². The van der Waals surface area contributed by atoms with Gasteiger partial charge in [0.25, 0.3) is 0 Å². The van der Waals surface area contributed by atoms with Crippen molar-refractivity contribution < 1.29 is 4.52 Å². The summed E-state index contributed by atoms with van der Waals surface area (Å²) in [5.41, 5.74) is 4.60. The summed E-state index contributed by atoms with van der Waals surface area (Å²) in [6.07, 6.45) is 2.31. The Hall–Kier alpha value is -1.31. The fraction of sp³-hybridized carbons (Fsp3) is 0.417. The van der Waals surface area contributed by atoms with Crippen molar-refractivity contribution in [3.8, 4) is 0 Å². The van der Waals surface area contributed by atoms with Crippen LogP contribution in [0.1, 0.15) is 30.2 Å². The Morgan fingerprint density at radius 2 is 2.07 bits per heavy atom. The fourth-order valence-corrected chi connectivity index (χ4v) is 1.79. The summed E-state index contributed by atoms with van der Waals surface area (Å²) >= 11 is 0. The van der Waals surface area contributed by atoms with Crippen molar-refractivity contribution in [1.82, 2.24) is 5.16 Å². The summed E-state index contributed by atoms with van der Waals surface area (Å²) in [6, 6.07) is 4.29. The van der Waals surface area contributed by atoms with E-state index in [9.17, 15) is 0 Å². The molecule has 14 heavy (non-hydrogen) atoms. The molecule has 1 aromatic heterocycles. The van der Waals surface area contributed by atoms with E-state index in [1.54, 1.807) is 0 Å². The summed E-state index contributed by atoms with van der Waals surface area (Å²) in [5, 5.41) is 5.11. The van der Waals surface area contributed by atoms with Gasteiger partial charge >= 0.3 is 0 Å². The third kappa shape index (κ3) is 1.41. The van der Waals surface area contributed by atoms with E-state index in [-0.39, 0.29) is 0 Å². The molecule has 0 spiro atoms. The van der Waals surface area contributed by atoms with Gasteiger partial charge in [-0.3, -0.25) is 0 Å². The van der Waals surface area contributed by atoms with Gasteiger partial charge in [-0.25, -0.2) is 0 Å². The number of hydrogen-bond donors (Lipinski definition) is 0. The molecule has 0 aliphatic carbocycles. The van der Waals surface area contributed by atoms with Crippen LogP contribution in [0, 0.1) is 13.8 Å². The quantitative estimate of drug-likeness (QED) is 0.723. The zero-order chi connectivity index (χ0) is 10.1. The van der Waals surface area contributed by atoms with Crippen molar-refractivity contribution >= 4 is 11.0 Å². The van der Waals surface area contributed by atoms with Crippen molar-refractivity contribution in [2.24, 2.45) is 0 Å². The van der Waals surface area contributed by atoms with E-state index < -0.39 is 0 Å². The van der Waals surface area contributed by atoms with Crippen LogP contribution in [0.5, 0.6) is 0 Å². The minimum absolute atomic E-state index is 0.903. The zero-order valence-corrected chi connectivity index (χ0v) is 8.92. The number of benzene rings is 1. The van der Waals surface area contributed by atoms with Crippen LogP contribution < -0.4 is 0 Å². The normalized spacial score (nSPS) is 11.1. The first-order chi connectivity index (χ1) is 6.72. The van der Waals surface area contributed by atoms with E-state index in [0.717, 1.165) is 23.1 Å².